The second-order valence-electron chi connectivity index (χ2n) is 6.21. The molecule has 0 amide bonds. The quantitative estimate of drug-likeness (QED) is 0.737. The molecule has 0 aromatic heterocycles. The third-order valence-corrected chi connectivity index (χ3v) is 4.69. The van der Waals surface area contributed by atoms with Crippen molar-refractivity contribution >= 4 is 0 Å². The predicted octanol–water partition coefficient (Wildman–Crippen LogP) is 1.39. The molecule has 3 aliphatic heterocycles. The third kappa shape index (κ3) is 2.53. The Morgan fingerprint density at radius 3 is 2.85 bits per heavy atom. The summed E-state index contributed by atoms with van der Waals surface area (Å²) in [6.07, 6.45) is 2.73. The smallest absolute Gasteiger partial charge is 0.155 e. The van der Waals surface area contributed by atoms with Gasteiger partial charge in [0.2, 0.25) is 0 Å². The molecule has 0 aromatic rings. The largest absolute Gasteiger partial charge is 0.390 e. The van der Waals surface area contributed by atoms with Crippen LogP contribution in [0.5, 0.6) is 0 Å². The van der Waals surface area contributed by atoms with Crippen LogP contribution in [0.3, 0.4) is 0 Å². The van der Waals surface area contributed by atoms with Gasteiger partial charge in [-0.1, -0.05) is 6.08 Å². The van der Waals surface area contributed by atoms with Gasteiger partial charge in [-0.2, -0.15) is 0 Å². The van der Waals surface area contributed by atoms with Crippen LogP contribution in [0.25, 0.3) is 0 Å². The molecule has 0 saturated carbocycles. The maximum absolute atomic E-state index is 10.1. The standard InChI is InChI=1S/C15H24O5/c1-4-11-10(16)7-14-15(3,20-11)6-5-12-13(19-14)8-17-9(2)18-12/h4,9-14,16H,1,5-8H2,2-3H3/t9-,10+,11+,12+,13-,14+,15-/m1/s1. The van der Waals surface area contributed by atoms with Gasteiger partial charge in [0.05, 0.1) is 30.5 Å². The highest BCUT2D eigenvalue weighted by molar-refractivity contribution is 5.02. The van der Waals surface area contributed by atoms with Gasteiger partial charge in [-0.05, 0) is 26.7 Å². The normalized spacial score (nSPS) is 52.5. The molecule has 3 rings (SSSR count). The first-order valence-electron chi connectivity index (χ1n) is 7.43. The second-order valence-corrected chi connectivity index (χ2v) is 6.21. The minimum atomic E-state index is -0.563. The Morgan fingerprint density at radius 1 is 1.30 bits per heavy atom. The minimum absolute atomic E-state index is 0.0455. The molecule has 20 heavy (non-hydrogen) atoms. The first kappa shape index (κ1) is 14.5. The van der Waals surface area contributed by atoms with Gasteiger partial charge in [0.15, 0.2) is 6.29 Å². The van der Waals surface area contributed by atoms with Crippen molar-refractivity contribution in [1.82, 2.24) is 0 Å². The van der Waals surface area contributed by atoms with Crippen molar-refractivity contribution < 1.29 is 24.1 Å². The zero-order valence-corrected chi connectivity index (χ0v) is 12.2. The van der Waals surface area contributed by atoms with Crippen LogP contribution in [0.15, 0.2) is 12.7 Å². The predicted molar refractivity (Wildman–Crippen MR) is 72.3 cm³/mol. The van der Waals surface area contributed by atoms with Crippen LogP contribution < -0.4 is 0 Å². The van der Waals surface area contributed by atoms with Gasteiger partial charge in [-0.3, -0.25) is 0 Å². The summed E-state index contributed by atoms with van der Waals surface area (Å²) in [5.41, 5.74) is -0.401. The molecule has 3 saturated heterocycles. The van der Waals surface area contributed by atoms with Crippen molar-refractivity contribution in [3.8, 4) is 0 Å². The van der Waals surface area contributed by atoms with Crippen LogP contribution in [0, 0.1) is 0 Å². The summed E-state index contributed by atoms with van der Waals surface area (Å²) in [5, 5.41) is 10.1. The maximum Gasteiger partial charge on any atom is 0.155 e. The van der Waals surface area contributed by atoms with Gasteiger partial charge in [-0.25, -0.2) is 0 Å². The van der Waals surface area contributed by atoms with Crippen molar-refractivity contribution in [2.24, 2.45) is 0 Å². The molecule has 114 valence electrons. The van der Waals surface area contributed by atoms with Gasteiger partial charge < -0.3 is 24.1 Å². The summed E-state index contributed by atoms with van der Waals surface area (Å²) < 4.78 is 23.6. The Balaban J connectivity index is 1.77. The lowest BCUT2D eigenvalue weighted by Crippen LogP contribution is -2.55. The van der Waals surface area contributed by atoms with E-state index in [9.17, 15) is 5.11 Å². The summed E-state index contributed by atoms with van der Waals surface area (Å²) in [5.74, 6) is 0. The van der Waals surface area contributed by atoms with Crippen molar-refractivity contribution in [2.45, 2.75) is 75.5 Å². The summed E-state index contributed by atoms with van der Waals surface area (Å²) in [7, 11) is 0. The Morgan fingerprint density at radius 2 is 2.10 bits per heavy atom. The third-order valence-electron chi connectivity index (χ3n) is 4.69. The van der Waals surface area contributed by atoms with Crippen molar-refractivity contribution in [1.29, 1.82) is 0 Å². The number of rotatable bonds is 1. The first-order valence-corrected chi connectivity index (χ1v) is 7.43. The SMILES string of the molecule is C=C[C@@H]1O[C@]2(C)CC[C@@H]3O[C@H](C)OC[C@H]3O[C@H]2C[C@@H]1O. The Hall–Kier alpha value is -0.460. The van der Waals surface area contributed by atoms with E-state index in [0.29, 0.717) is 13.0 Å². The zero-order valence-electron chi connectivity index (χ0n) is 12.2. The van der Waals surface area contributed by atoms with E-state index < -0.39 is 11.7 Å². The van der Waals surface area contributed by atoms with Crippen molar-refractivity contribution in [2.75, 3.05) is 6.61 Å². The van der Waals surface area contributed by atoms with E-state index in [4.69, 9.17) is 18.9 Å². The average Bonchev–Trinajstić information content (AvgIpc) is 2.55. The summed E-state index contributed by atoms with van der Waals surface area (Å²) in [4.78, 5) is 0. The van der Waals surface area contributed by atoms with Gasteiger partial charge >= 0.3 is 0 Å². The molecular formula is C15H24O5. The van der Waals surface area contributed by atoms with Crippen LogP contribution >= 0.6 is 0 Å². The molecule has 1 N–H and O–H groups in total. The fourth-order valence-electron chi connectivity index (χ4n) is 3.42. The lowest BCUT2D eigenvalue weighted by molar-refractivity contribution is -0.275. The van der Waals surface area contributed by atoms with Gasteiger partial charge in [0.1, 0.15) is 12.2 Å². The van der Waals surface area contributed by atoms with Crippen molar-refractivity contribution in [3.05, 3.63) is 12.7 Å². The molecule has 5 nitrogen and oxygen atoms in total. The molecule has 0 radical (unpaired) electrons. The number of aliphatic hydroxyl groups is 1. The van der Waals surface area contributed by atoms with E-state index in [-0.39, 0.29) is 30.7 Å². The molecule has 0 spiro atoms. The van der Waals surface area contributed by atoms with Gasteiger partial charge in [0, 0.05) is 6.42 Å². The molecule has 5 heteroatoms. The second kappa shape index (κ2) is 5.39. The van der Waals surface area contributed by atoms with Crippen LogP contribution in [0.1, 0.15) is 33.1 Å². The van der Waals surface area contributed by atoms with Crippen molar-refractivity contribution in [3.63, 3.8) is 0 Å². The number of fused-ring (bicyclic) bond motifs is 2. The molecule has 3 fully saturated rings. The molecule has 0 aliphatic carbocycles. The Kier molecular flexibility index (Phi) is 3.90. The molecular weight excluding hydrogens is 260 g/mol. The van der Waals surface area contributed by atoms with E-state index >= 15 is 0 Å². The van der Waals surface area contributed by atoms with Crippen LogP contribution in [-0.4, -0.2) is 54.1 Å². The van der Waals surface area contributed by atoms with E-state index in [2.05, 4.69) is 13.5 Å². The summed E-state index contributed by atoms with van der Waals surface area (Å²) in [6, 6.07) is 0. The molecule has 3 heterocycles. The van der Waals surface area contributed by atoms with Crippen LogP contribution in [-0.2, 0) is 18.9 Å². The monoisotopic (exact) mass is 284 g/mol. The lowest BCUT2D eigenvalue weighted by Gasteiger charge is -2.45. The molecule has 0 unspecified atom stereocenters. The Labute approximate surface area is 119 Å². The number of ether oxygens (including phenoxy) is 4. The highest BCUT2D eigenvalue weighted by Crippen LogP contribution is 2.40. The summed E-state index contributed by atoms with van der Waals surface area (Å²) >= 11 is 0. The zero-order chi connectivity index (χ0) is 14.3. The number of hydrogen-bond acceptors (Lipinski definition) is 5. The van der Waals surface area contributed by atoms with E-state index in [1.807, 2.05) is 6.92 Å². The number of hydrogen-bond donors (Lipinski definition) is 1. The van der Waals surface area contributed by atoms with E-state index in [1.165, 1.54) is 0 Å². The van der Waals surface area contributed by atoms with E-state index in [1.54, 1.807) is 6.08 Å². The fraction of sp³-hybridized carbons (Fsp3) is 0.867. The van der Waals surface area contributed by atoms with Gasteiger partial charge in [-0.15, -0.1) is 6.58 Å². The lowest BCUT2D eigenvalue weighted by atomic mass is 9.85. The average molecular weight is 284 g/mol. The van der Waals surface area contributed by atoms with Gasteiger partial charge in [0.25, 0.3) is 0 Å². The maximum atomic E-state index is 10.1. The highest BCUT2D eigenvalue weighted by atomic mass is 16.7. The van der Waals surface area contributed by atoms with Crippen LogP contribution in [0.4, 0.5) is 0 Å². The molecule has 0 aromatic carbocycles. The highest BCUT2D eigenvalue weighted by Gasteiger charge is 2.50. The topological polar surface area (TPSA) is 57.2 Å². The molecule has 3 aliphatic rings. The molecule has 0 bridgehead atoms. The Bertz CT molecular complexity index is 373. The molecule has 7 atom stereocenters. The number of aliphatic hydroxyl groups excluding tert-OH is 1. The fourth-order valence-corrected chi connectivity index (χ4v) is 3.42. The van der Waals surface area contributed by atoms with E-state index in [0.717, 1.165) is 12.8 Å². The van der Waals surface area contributed by atoms with Crippen LogP contribution in [0.2, 0.25) is 0 Å². The minimum Gasteiger partial charge on any atom is -0.390 e. The summed E-state index contributed by atoms with van der Waals surface area (Å²) in [6.45, 7) is 8.24. The first-order chi connectivity index (χ1) is 9.51.